The molecule has 1 saturated carbocycles. The van der Waals surface area contributed by atoms with Gasteiger partial charge in [0.05, 0.1) is 24.3 Å². The summed E-state index contributed by atoms with van der Waals surface area (Å²) in [6.45, 7) is 7.80. The lowest BCUT2D eigenvalue weighted by atomic mass is 9.66. The average molecular weight is 899 g/mol. The number of hydrogen-bond acceptors (Lipinski definition) is 4. The molecule has 68 heavy (non-hydrogen) atoms. The number of aryl methyl sites for hydroxylation is 4. The van der Waals surface area contributed by atoms with Crippen LogP contribution < -0.4 is 5.73 Å². The molecule has 2 amide bonds. The smallest absolute Gasteiger partial charge is 0.238 e. The van der Waals surface area contributed by atoms with Gasteiger partial charge in [0.25, 0.3) is 0 Å². The van der Waals surface area contributed by atoms with E-state index in [2.05, 4.69) is 86.6 Å². The minimum absolute atomic E-state index is 0.163. The van der Waals surface area contributed by atoms with Crippen molar-refractivity contribution in [2.45, 2.75) is 82.8 Å². The molecule has 1 aliphatic carbocycles. The second-order valence-corrected chi connectivity index (χ2v) is 19.6. The first-order valence-corrected chi connectivity index (χ1v) is 24.0. The van der Waals surface area contributed by atoms with Crippen molar-refractivity contribution in [3.63, 3.8) is 0 Å². The normalized spacial score (nSPS) is 16.0. The molecule has 8 aromatic rings. The minimum atomic E-state index is -1.72. The van der Waals surface area contributed by atoms with Gasteiger partial charge in [-0.15, -0.1) is 0 Å². The molecule has 0 radical (unpaired) electrons. The van der Waals surface area contributed by atoms with Gasteiger partial charge in [-0.2, -0.15) is 0 Å². The number of nitrogens with two attached hydrogens (primary N) is 1. The Bertz CT molecular complexity index is 2940. The van der Waals surface area contributed by atoms with Gasteiger partial charge >= 0.3 is 0 Å². The van der Waals surface area contributed by atoms with E-state index in [4.69, 9.17) is 5.73 Å². The zero-order chi connectivity index (χ0) is 47.6. The first-order chi connectivity index (χ1) is 32.8. The minimum Gasteiger partial charge on any atom is -0.387 e. The monoisotopic (exact) mass is 898 g/mol. The Morgan fingerprint density at radius 2 is 0.853 bits per heavy atom. The van der Waals surface area contributed by atoms with Crippen LogP contribution in [0.2, 0.25) is 0 Å². The largest absolute Gasteiger partial charge is 0.387 e. The van der Waals surface area contributed by atoms with Gasteiger partial charge < -0.3 is 20.8 Å². The van der Waals surface area contributed by atoms with E-state index in [0.717, 1.165) is 77.2 Å². The van der Waals surface area contributed by atoms with Crippen LogP contribution in [0, 0.1) is 33.1 Å². The van der Waals surface area contributed by atoms with Crippen LogP contribution in [0.4, 0.5) is 0 Å². The van der Waals surface area contributed by atoms with E-state index in [-0.39, 0.29) is 25.9 Å². The van der Waals surface area contributed by atoms with E-state index in [1.165, 1.54) is 0 Å². The molecule has 8 aromatic carbocycles. The molecule has 0 aromatic heterocycles. The molecule has 6 heteroatoms. The van der Waals surface area contributed by atoms with E-state index in [9.17, 15) is 15.0 Å². The van der Waals surface area contributed by atoms with Gasteiger partial charge in [0.15, 0.2) is 0 Å². The molecule has 0 bridgehead atoms. The topological polar surface area (TPSA) is 104 Å². The lowest BCUT2D eigenvalue weighted by Gasteiger charge is -2.49. The molecule has 4 unspecified atom stereocenters. The number of carbonyl (C=O) groups is 2. The number of aliphatic hydroxyl groups is 2. The van der Waals surface area contributed by atoms with E-state index < -0.39 is 40.3 Å². The van der Waals surface area contributed by atoms with Crippen LogP contribution in [0.1, 0.15) is 86.7 Å². The first-order valence-electron chi connectivity index (χ1n) is 24.0. The summed E-state index contributed by atoms with van der Waals surface area (Å²) in [5.74, 6) is -2.50. The highest BCUT2D eigenvalue weighted by Gasteiger charge is 2.55. The van der Waals surface area contributed by atoms with Crippen molar-refractivity contribution in [1.82, 2.24) is 4.90 Å². The Labute approximate surface area is 401 Å². The van der Waals surface area contributed by atoms with Crippen molar-refractivity contribution in [3.05, 3.63) is 238 Å². The Morgan fingerprint density at radius 1 is 0.500 bits per heavy atom. The maximum absolute atomic E-state index is 16.0. The fraction of sp³-hybridized carbons (Fsp3) is 0.258. The first kappa shape index (κ1) is 46.3. The zero-order valence-electron chi connectivity index (χ0n) is 39.7. The lowest BCUT2D eigenvalue weighted by molar-refractivity contribution is -0.162. The van der Waals surface area contributed by atoms with Crippen LogP contribution in [0.15, 0.2) is 182 Å². The van der Waals surface area contributed by atoms with E-state index in [1.807, 2.05) is 123 Å². The van der Waals surface area contributed by atoms with Gasteiger partial charge in [-0.3, -0.25) is 9.59 Å². The molecule has 0 spiro atoms. The molecule has 344 valence electrons. The zero-order valence-corrected chi connectivity index (χ0v) is 39.7. The molecule has 1 fully saturated rings. The molecule has 4 atom stereocenters. The van der Waals surface area contributed by atoms with Crippen LogP contribution in [0.25, 0.3) is 21.5 Å². The van der Waals surface area contributed by atoms with Crippen LogP contribution in [-0.2, 0) is 22.4 Å². The van der Waals surface area contributed by atoms with Gasteiger partial charge in [0, 0.05) is 24.7 Å². The number of nitrogens with zero attached hydrogens (tertiary/aromatic N) is 1. The third kappa shape index (κ3) is 8.75. The quantitative estimate of drug-likeness (QED) is 0.0840. The van der Waals surface area contributed by atoms with Gasteiger partial charge in [0.2, 0.25) is 11.8 Å². The summed E-state index contributed by atoms with van der Waals surface area (Å²) < 4.78 is 0. The van der Waals surface area contributed by atoms with Crippen molar-refractivity contribution < 1.29 is 19.8 Å². The fourth-order valence-corrected chi connectivity index (χ4v) is 11.4. The number of amides is 2. The third-order valence-corrected chi connectivity index (χ3v) is 15.2. The second kappa shape index (κ2) is 19.0. The Morgan fingerprint density at radius 3 is 1.24 bits per heavy atom. The summed E-state index contributed by atoms with van der Waals surface area (Å²) in [4.78, 5) is 31.5. The standard InChI is InChI=1S/C62H62N2O4/c1-42-20-5-9-26-48(42)38-61(67,56(50-30-13-7-22-44(50)3)54-34-17-28-46-24-11-15-32-52(46)54)40-64(59(66)60(58(63)65)36-19-37-60)41-62(68,39-49-27-10-6-21-43(49)2)57(51-31-14-8-23-45(51)4)55-35-18-29-47-25-12-16-33-53(47)55/h5-18,20-35,56-57,67-68H,19,36-41H2,1-4H3,(H2,63,65). The fourth-order valence-electron chi connectivity index (χ4n) is 11.4. The van der Waals surface area contributed by atoms with Crippen LogP contribution in [0.5, 0.6) is 0 Å². The molecular formula is C62H62N2O4. The van der Waals surface area contributed by atoms with Crippen molar-refractivity contribution in [2.75, 3.05) is 13.1 Å². The summed E-state index contributed by atoms with van der Waals surface area (Å²) in [6, 6.07) is 61.4. The van der Waals surface area contributed by atoms with Gasteiger partial charge in [-0.05, 0) is 118 Å². The van der Waals surface area contributed by atoms with Gasteiger partial charge in [-0.1, -0.05) is 188 Å². The van der Waals surface area contributed by atoms with Crippen LogP contribution in [-0.4, -0.2) is 51.2 Å². The maximum atomic E-state index is 16.0. The molecule has 0 saturated heterocycles. The number of primary amides is 1. The number of hydrogen-bond donors (Lipinski definition) is 3. The number of rotatable bonds is 16. The molecule has 4 N–H and O–H groups in total. The molecular weight excluding hydrogens is 837 g/mol. The van der Waals surface area contributed by atoms with Crippen molar-refractivity contribution in [1.29, 1.82) is 0 Å². The predicted octanol–water partition coefficient (Wildman–Crippen LogP) is 11.6. The van der Waals surface area contributed by atoms with Crippen molar-refractivity contribution >= 4 is 33.4 Å². The highest BCUT2D eigenvalue weighted by atomic mass is 16.3. The highest BCUT2D eigenvalue weighted by molar-refractivity contribution is 6.05. The second-order valence-electron chi connectivity index (χ2n) is 19.6. The van der Waals surface area contributed by atoms with Crippen molar-refractivity contribution in [2.24, 2.45) is 11.1 Å². The SMILES string of the molecule is Cc1ccccc1CC(O)(CN(CC(O)(Cc1ccccc1C)C(c1ccccc1C)c1cccc2ccccc12)C(=O)C1(C(N)=O)CCC1)C(c1ccccc1C)c1cccc2ccccc12. The number of fused-ring (bicyclic) bond motifs is 2. The molecule has 1 aliphatic rings. The summed E-state index contributed by atoms with van der Waals surface area (Å²) in [7, 11) is 0. The average Bonchev–Trinajstić information content (AvgIpc) is 3.31. The molecule has 9 rings (SSSR count). The Kier molecular flexibility index (Phi) is 12.9. The third-order valence-electron chi connectivity index (χ3n) is 15.2. The van der Waals surface area contributed by atoms with Crippen molar-refractivity contribution in [3.8, 4) is 0 Å². The van der Waals surface area contributed by atoms with E-state index >= 15 is 4.79 Å². The predicted molar refractivity (Wildman–Crippen MR) is 276 cm³/mol. The lowest BCUT2D eigenvalue weighted by Crippen LogP contribution is -2.62. The summed E-state index contributed by atoms with van der Waals surface area (Å²) in [6.07, 6.45) is 1.57. The molecule has 6 nitrogen and oxygen atoms in total. The Hall–Kier alpha value is -6.86. The van der Waals surface area contributed by atoms with Gasteiger partial charge in [-0.25, -0.2) is 0 Å². The van der Waals surface area contributed by atoms with Gasteiger partial charge in [0.1, 0.15) is 5.41 Å². The van der Waals surface area contributed by atoms with E-state index in [1.54, 1.807) is 4.90 Å². The van der Waals surface area contributed by atoms with Crippen LogP contribution in [0.3, 0.4) is 0 Å². The number of carbonyl (C=O) groups excluding carboxylic acids is 2. The summed E-state index contributed by atoms with van der Waals surface area (Å²) in [5, 5.41) is 32.9. The maximum Gasteiger partial charge on any atom is 0.238 e. The summed E-state index contributed by atoms with van der Waals surface area (Å²) in [5.41, 5.74) is 10.9. The molecule has 0 aliphatic heterocycles. The summed E-state index contributed by atoms with van der Waals surface area (Å²) >= 11 is 0. The van der Waals surface area contributed by atoms with Crippen LogP contribution >= 0.6 is 0 Å². The van der Waals surface area contributed by atoms with E-state index in [0.29, 0.717) is 19.3 Å². The number of benzene rings is 8. The molecule has 0 heterocycles. The highest BCUT2D eigenvalue weighted by Crippen LogP contribution is 2.48. The Balaban J connectivity index is 1.32.